The Bertz CT molecular complexity index is 79.1. The monoisotopic (exact) mass is 130 g/mol. The van der Waals surface area contributed by atoms with Gasteiger partial charge in [0.25, 0.3) is 0 Å². The average molecular weight is 130 g/mol. The van der Waals surface area contributed by atoms with Crippen LogP contribution in [-0.2, 0) is 0 Å². The Balaban J connectivity index is 2.18. The SMILES string of the molecule is N[C@H]1CC[C@@H](NO)CC1. The molecule has 1 saturated carbocycles. The highest BCUT2D eigenvalue weighted by Gasteiger charge is 2.16. The van der Waals surface area contributed by atoms with E-state index >= 15 is 0 Å². The van der Waals surface area contributed by atoms with Crippen LogP contribution in [0.25, 0.3) is 0 Å². The van der Waals surface area contributed by atoms with Crippen molar-refractivity contribution in [2.45, 2.75) is 37.8 Å². The van der Waals surface area contributed by atoms with Crippen molar-refractivity contribution in [3.8, 4) is 0 Å². The maximum Gasteiger partial charge on any atom is 0.0320 e. The molecule has 3 nitrogen and oxygen atoms in total. The normalized spacial score (nSPS) is 36.7. The molecule has 0 aromatic carbocycles. The molecule has 0 aromatic heterocycles. The maximum absolute atomic E-state index is 8.49. The third-order valence-electron chi connectivity index (χ3n) is 1.95. The smallest absolute Gasteiger partial charge is 0.0320 e. The summed E-state index contributed by atoms with van der Waals surface area (Å²) in [5.74, 6) is 0. The highest BCUT2D eigenvalue weighted by molar-refractivity contribution is 4.76. The molecule has 0 aromatic rings. The van der Waals surface area contributed by atoms with Gasteiger partial charge in [0.1, 0.15) is 0 Å². The summed E-state index contributed by atoms with van der Waals surface area (Å²) in [6.07, 6.45) is 4.10. The van der Waals surface area contributed by atoms with Crippen LogP contribution in [0.3, 0.4) is 0 Å². The Hall–Kier alpha value is -0.120. The van der Waals surface area contributed by atoms with Gasteiger partial charge in [0.05, 0.1) is 0 Å². The molecule has 0 bridgehead atoms. The van der Waals surface area contributed by atoms with Gasteiger partial charge in [-0.05, 0) is 25.7 Å². The van der Waals surface area contributed by atoms with Gasteiger partial charge in [-0.3, -0.25) is 0 Å². The highest BCUT2D eigenvalue weighted by Crippen LogP contribution is 2.15. The van der Waals surface area contributed by atoms with Crippen molar-refractivity contribution in [2.24, 2.45) is 5.73 Å². The molecule has 0 spiro atoms. The molecule has 0 amide bonds. The summed E-state index contributed by atoms with van der Waals surface area (Å²) in [6, 6.07) is 0.666. The van der Waals surface area contributed by atoms with E-state index in [1.807, 2.05) is 0 Å². The number of rotatable bonds is 1. The Morgan fingerprint density at radius 2 is 1.78 bits per heavy atom. The van der Waals surface area contributed by atoms with Crippen molar-refractivity contribution in [2.75, 3.05) is 0 Å². The first kappa shape index (κ1) is 6.99. The van der Waals surface area contributed by atoms with Gasteiger partial charge in [-0.1, -0.05) is 0 Å². The van der Waals surface area contributed by atoms with E-state index in [0.29, 0.717) is 12.1 Å². The zero-order valence-corrected chi connectivity index (χ0v) is 5.51. The van der Waals surface area contributed by atoms with E-state index in [1.54, 1.807) is 0 Å². The molecule has 4 N–H and O–H groups in total. The first-order valence-electron chi connectivity index (χ1n) is 3.48. The molecule has 1 aliphatic carbocycles. The molecule has 1 aliphatic rings. The van der Waals surface area contributed by atoms with Crippen molar-refractivity contribution in [1.82, 2.24) is 5.48 Å². The van der Waals surface area contributed by atoms with Crippen LogP contribution in [0.15, 0.2) is 0 Å². The van der Waals surface area contributed by atoms with Crippen LogP contribution in [-0.4, -0.2) is 17.3 Å². The van der Waals surface area contributed by atoms with Crippen molar-refractivity contribution in [3.05, 3.63) is 0 Å². The first-order valence-corrected chi connectivity index (χ1v) is 3.48. The average Bonchev–Trinajstić information content (AvgIpc) is 1.90. The van der Waals surface area contributed by atoms with E-state index < -0.39 is 0 Å². The minimum atomic E-state index is 0.296. The van der Waals surface area contributed by atoms with E-state index in [0.717, 1.165) is 25.7 Å². The van der Waals surface area contributed by atoms with Crippen LogP contribution in [0.5, 0.6) is 0 Å². The number of nitrogens with one attached hydrogen (secondary N) is 1. The molecule has 9 heavy (non-hydrogen) atoms. The van der Waals surface area contributed by atoms with Crippen LogP contribution >= 0.6 is 0 Å². The van der Waals surface area contributed by atoms with Gasteiger partial charge >= 0.3 is 0 Å². The molecule has 1 fully saturated rings. The molecule has 3 heteroatoms. The number of nitrogens with two attached hydrogens (primary N) is 1. The second-order valence-electron chi connectivity index (χ2n) is 2.74. The molecule has 0 saturated heterocycles. The van der Waals surface area contributed by atoms with Crippen LogP contribution < -0.4 is 11.2 Å². The van der Waals surface area contributed by atoms with E-state index in [4.69, 9.17) is 10.9 Å². The fourth-order valence-corrected chi connectivity index (χ4v) is 1.25. The molecule has 0 heterocycles. The summed E-state index contributed by atoms with van der Waals surface area (Å²) in [4.78, 5) is 0. The number of hydroxylamine groups is 1. The van der Waals surface area contributed by atoms with Gasteiger partial charge in [-0.2, -0.15) is 0 Å². The lowest BCUT2D eigenvalue weighted by Crippen LogP contribution is -2.35. The fourth-order valence-electron chi connectivity index (χ4n) is 1.25. The van der Waals surface area contributed by atoms with Crippen molar-refractivity contribution in [3.63, 3.8) is 0 Å². The second kappa shape index (κ2) is 3.15. The van der Waals surface area contributed by atoms with Gasteiger partial charge in [-0.25, -0.2) is 5.48 Å². The van der Waals surface area contributed by atoms with Crippen molar-refractivity contribution in [1.29, 1.82) is 0 Å². The zero-order chi connectivity index (χ0) is 6.69. The second-order valence-corrected chi connectivity index (χ2v) is 2.74. The van der Waals surface area contributed by atoms with E-state index in [2.05, 4.69) is 5.48 Å². The van der Waals surface area contributed by atoms with Gasteiger partial charge in [0.2, 0.25) is 0 Å². The van der Waals surface area contributed by atoms with Gasteiger partial charge < -0.3 is 10.9 Å². The first-order chi connectivity index (χ1) is 4.33. The lowest BCUT2D eigenvalue weighted by atomic mass is 9.92. The van der Waals surface area contributed by atoms with Crippen molar-refractivity contribution < 1.29 is 5.21 Å². The standard InChI is InChI=1S/C6H14N2O/c7-5-1-3-6(8-9)4-2-5/h5-6,8-9H,1-4,7H2/t5-,6+. The van der Waals surface area contributed by atoms with Crippen LogP contribution in [0, 0.1) is 0 Å². The third-order valence-corrected chi connectivity index (χ3v) is 1.95. The van der Waals surface area contributed by atoms with Crippen molar-refractivity contribution >= 4 is 0 Å². The maximum atomic E-state index is 8.49. The summed E-state index contributed by atoms with van der Waals surface area (Å²) < 4.78 is 0. The summed E-state index contributed by atoms with van der Waals surface area (Å²) >= 11 is 0. The minimum absolute atomic E-state index is 0.296. The van der Waals surface area contributed by atoms with Gasteiger partial charge in [0, 0.05) is 12.1 Å². The predicted octanol–water partition coefficient (Wildman–Crippen LogP) is 0.235. The number of hydrogen-bond donors (Lipinski definition) is 3. The molecular weight excluding hydrogens is 116 g/mol. The molecular formula is C6H14N2O. The number of hydrogen-bond acceptors (Lipinski definition) is 3. The summed E-state index contributed by atoms with van der Waals surface area (Å²) in [5.41, 5.74) is 7.91. The highest BCUT2D eigenvalue weighted by atomic mass is 16.5. The summed E-state index contributed by atoms with van der Waals surface area (Å²) in [5, 5.41) is 8.49. The summed E-state index contributed by atoms with van der Waals surface area (Å²) in [7, 11) is 0. The molecule has 0 unspecified atom stereocenters. The topological polar surface area (TPSA) is 58.3 Å². The van der Waals surface area contributed by atoms with Crippen LogP contribution in [0.4, 0.5) is 0 Å². The largest absolute Gasteiger partial charge is 0.328 e. The Morgan fingerprint density at radius 1 is 1.22 bits per heavy atom. The lowest BCUT2D eigenvalue weighted by molar-refractivity contribution is 0.104. The lowest BCUT2D eigenvalue weighted by Gasteiger charge is -2.24. The van der Waals surface area contributed by atoms with E-state index in [9.17, 15) is 0 Å². The molecule has 54 valence electrons. The fraction of sp³-hybridized carbons (Fsp3) is 1.00. The predicted molar refractivity (Wildman–Crippen MR) is 35.2 cm³/mol. The Morgan fingerprint density at radius 3 is 2.22 bits per heavy atom. The van der Waals surface area contributed by atoms with Crippen LogP contribution in [0.1, 0.15) is 25.7 Å². The molecule has 1 rings (SSSR count). The quantitative estimate of drug-likeness (QED) is 0.445. The van der Waals surface area contributed by atoms with Crippen LogP contribution in [0.2, 0.25) is 0 Å². The minimum Gasteiger partial charge on any atom is -0.328 e. The van der Waals surface area contributed by atoms with Gasteiger partial charge in [-0.15, -0.1) is 0 Å². The third kappa shape index (κ3) is 1.93. The zero-order valence-electron chi connectivity index (χ0n) is 5.51. The Labute approximate surface area is 55.2 Å². The van der Waals surface area contributed by atoms with E-state index in [1.165, 1.54) is 0 Å². The molecule has 0 radical (unpaired) electrons. The molecule has 0 atom stereocenters. The van der Waals surface area contributed by atoms with Gasteiger partial charge in [0.15, 0.2) is 0 Å². The molecule has 0 aliphatic heterocycles. The van der Waals surface area contributed by atoms with E-state index in [-0.39, 0.29) is 0 Å². The Kier molecular flexibility index (Phi) is 2.45. The summed E-state index contributed by atoms with van der Waals surface area (Å²) in [6.45, 7) is 0.